The molecule has 2 heterocycles. The molecule has 1 aromatic heterocycles. The second kappa shape index (κ2) is 9.36. The molecule has 0 bridgehead atoms. The molecule has 174 valence electrons. The smallest absolute Gasteiger partial charge is 0.376 e. The van der Waals surface area contributed by atoms with Crippen molar-refractivity contribution in [3.63, 3.8) is 0 Å². The SMILES string of the molecule is Cc1cn(-c2cc(NC(=O)c3ccc(CN4CCOC(C)C4)cc3)cc(C(F)(F)F)c2)cn1. The Hall–Kier alpha value is -3.17. The number of hydrogen-bond donors (Lipinski definition) is 1. The number of alkyl halides is 3. The predicted molar refractivity (Wildman–Crippen MR) is 118 cm³/mol. The van der Waals surface area contributed by atoms with Crippen LogP contribution in [0.4, 0.5) is 18.9 Å². The number of nitrogens with zero attached hydrogens (tertiary/aromatic N) is 3. The number of ether oxygens (including phenoxy) is 1. The summed E-state index contributed by atoms with van der Waals surface area (Å²) in [6.07, 6.45) is -1.31. The van der Waals surface area contributed by atoms with E-state index in [1.54, 1.807) is 25.3 Å². The van der Waals surface area contributed by atoms with Crippen molar-refractivity contribution in [2.24, 2.45) is 0 Å². The molecule has 1 atom stereocenters. The molecule has 6 nitrogen and oxygen atoms in total. The zero-order chi connectivity index (χ0) is 23.6. The van der Waals surface area contributed by atoms with Gasteiger partial charge in [-0.15, -0.1) is 0 Å². The largest absolute Gasteiger partial charge is 0.416 e. The van der Waals surface area contributed by atoms with Crippen LogP contribution in [0.15, 0.2) is 55.0 Å². The molecule has 0 saturated carbocycles. The second-order valence-electron chi connectivity index (χ2n) is 8.26. The van der Waals surface area contributed by atoms with Crippen LogP contribution in [0.3, 0.4) is 0 Å². The summed E-state index contributed by atoms with van der Waals surface area (Å²) in [6, 6.07) is 10.5. The Morgan fingerprint density at radius 1 is 1.21 bits per heavy atom. The molecule has 9 heteroatoms. The Bertz CT molecular complexity index is 1130. The minimum absolute atomic E-state index is 0.0579. The van der Waals surface area contributed by atoms with E-state index in [2.05, 4.69) is 15.2 Å². The van der Waals surface area contributed by atoms with Gasteiger partial charge < -0.3 is 14.6 Å². The lowest BCUT2D eigenvalue weighted by Gasteiger charge is -2.31. The third-order valence-corrected chi connectivity index (χ3v) is 5.46. The number of nitrogens with one attached hydrogen (secondary N) is 1. The van der Waals surface area contributed by atoms with Crippen molar-refractivity contribution in [3.8, 4) is 5.69 Å². The van der Waals surface area contributed by atoms with Crippen molar-refractivity contribution < 1.29 is 22.7 Å². The highest BCUT2D eigenvalue weighted by molar-refractivity contribution is 6.04. The average Bonchev–Trinajstić information content (AvgIpc) is 3.20. The zero-order valence-corrected chi connectivity index (χ0v) is 18.4. The van der Waals surface area contributed by atoms with Gasteiger partial charge in [0.15, 0.2) is 0 Å². The van der Waals surface area contributed by atoms with Crippen LogP contribution in [0.25, 0.3) is 5.69 Å². The Morgan fingerprint density at radius 2 is 1.97 bits per heavy atom. The van der Waals surface area contributed by atoms with Gasteiger partial charge in [0.05, 0.1) is 30.3 Å². The number of aromatic nitrogens is 2. The molecule has 33 heavy (non-hydrogen) atoms. The zero-order valence-electron chi connectivity index (χ0n) is 18.4. The number of anilines is 1. The first kappa shape index (κ1) is 23.0. The Morgan fingerprint density at radius 3 is 2.61 bits per heavy atom. The molecule has 3 aromatic rings. The van der Waals surface area contributed by atoms with Crippen LogP contribution in [0.1, 0.15) is 34.1 Å². The van der Waals surface area contributed by atoms with Gasteiger partial charge in [-0.3, -0.25) is 9.69 Å². The van der Waals surface area contributed by atoms with Gasteiger partial charge >= 0.3 is 6.18 Å². The summed E-state index contributed by atoms with van der Waals surface area (Å²) in [5.74, 6) is -0.478. The highest BCUT2D eigenvalue weighted by Gasteiger charge is 2.31. The fourth-order valence-corrected chi connectivity index (χ4v) is 3.82. The molecule has 0 spiro atoms. The van der Waals surface area contributed by atoms with E-state index in [1.807, 2.05) is 19.1 Å². The molecule has 1 N–H and O–H groups in total. The second-order valence-corrected chi connectivity index (χ2v) is 8.26. The average molecular weight is 458 g/mol. The quantitative estimate of drug-likeness (QED) is 0.604. The maximum Gasteiger partial charge on any atom is 0.416 e. The fraction of sp³-hybridized carbons (Fsp3) is 0.333. The van der Waals surface area contributed by atoms with E-state index in [9.17, 15) is 18.0 Å². The highest BCUT2D eigenvalue weighted by Crippen LogP contribution is 2.33. The van der Waals surface area contributed by atoms with Gasteiger partial charge in [0.2, 0.25) is 0 Å². The minimum atomic E-state index is -4.55. The summed E-state index contributed by atoms with van der Waals surface area (Å²) < 4.78 is 47.4. The van der Waals surface area contributed by atoms with Crippen LogP contribution in [0.5, 0.6) is 0 Å². The van der Waals surface area contributed by atoms with Crippen LogP contribution in [-0.4, -0.2) is 46.2 Å². The van der Waals surface area contributed by atoms with Gasteiger partial charge in [0.1, 0.15) is 0 Å². The summed E-state index contributed by atoms with van der Waals surface area (Å²) in [5, 5.41) is 2.59. The molecule has 2 aromatic carbocycles. The third kappa shape index (κ3) is 5.80. The van der Waals surface area contributed by atoms with Crippen molar-refractivity contribution in [3.05, 3.63) is 77.4 Å². The Labute approximate surface area is 190 Å². The first-order chi connectivity index (χ1) is 15.7. The van der Waals surface area contributed by atoms with Crippen LogP contribution >= 0.6 is 0 Å². The predicted octanol–water partition coefficient (Wildman–Crippen LogP) is 4.67. The number of morpholine rings is 1. The van der Waals surface area contributed by atoms with Crippen LogP contribution < -0.4 is 5.32 Å². The minimum Gasteiger partial charge on any atom is -0.376 e. The summed E-state index contributed by atoms with van der Waals surface area (Å²) in [4.78, 5) is 19.1. The Balaban J connectivity index is 1.50. The highest BCUT2D eigenvalue weighted by atomic mass is 19.4. The van der Waals surface area contributed by atoms with Gasteiger partial charge in [-0.2, -0.15) is 13.2 Å². The maximum absolute atomic E-state index is 13.4. The summed E-state index contributed by atoms with van der Waals surface area (Å²) >= 11 is 0. The van der Waals surface area contributed by atoms with E-state index in [-0.39, 0.29) is 17.5 Å². The van der Waals surface area contributed by atoms with Gasteiger partial charge in [-0.05, 0) is 49.7 Å². The van der Waals surface area contributed by atoms with E-state index < -0.39 is 17.6 Å². The van der Waals surface area contributed by atoms with E-state index >= 15 is 0 Å². The fourth-order valence-electron chi connectivity index (χ4n) is 3.82. The van der Waals surface area contributed by atoms with E-state index in [1.165, 1.54) is 17.0 Å². The molecular formula is C24H25F3N4O2. The topological polar surface area (TPSA) is 59.4 Å². The van der Waals surface area contributed by atoms with Crippen LogP contribution in [-0.2, 0) is 17.5 Å². The van der Waals surface area contributed by atoms with Crippen molar-refractivity contribution in [1.29, 1.82) is 0 Å². The summed E-state index contributed by atoms with van der Waals surface area (Å²) in [7, 11) is 0. The molecule has 1 unspecified atom stereocenters. The molecular weight excluding hydrogens is 433 g/mol. The molecule has 1 fully saturated rings. The molecule has 0 aliphatic carbocycles. The molecule has 1 amide bonds. The van der Waals surface area contributed by atoms with E-state index in [0.717, 1.165) is 37.3 Å². The Kier molecular flexibility index (Phi) is 6.53. The van der Waals surface area contributed by atoms with Gasteiger partial charge in [0, 0.05) is 42.8 Å². The first-order valence-corrected chi connectivity index (χ1v) is 10.6. The van der Waals surface area contributed by atoms with Gasteiger partial charge in [-0.25, -0.2) is 4.98 Å². The van der Waals surface area contributed by atoms with Gasteiger partial charge in [0.25, 0.3) is 5.91 Å². The maximum atomic E-state index is 13.4. The number of benzene rings is 2. The monoisotopic (exact) mass is 458 g/mol. The molecule has 1 saturated heterocycles. The number of amides is 1. The van der Waals surface area contributed by atoms with Crippen molar-refractivity contribution >= 4 is 11.6 Å². The lowest BCUT2D eigenvalue weighted by Crippen LogP contribution is -2.40. The molecule has 0 radical (unpaired) electrons. The van der Waals surface area contributed by atoms with Crippen molar-refractivity contribution in [1.82, 2.24) is 14.5 Å². The number of carbonyl (C=O) groups is 1. The van der Waals surface area contributed by atoms with Crippen LogP contribution in [0, 0.1) is 6.92 Å². The lowest BCUT2D eigenvalue weighted by molar-refractivity contribution is -0.137. The number of rotatable bonds is 5. The summed E-state index contributed by atoms with van der Waals surface area (Å²) in [6.45, 7) is 6.91. The van der Waals surface area contributed by atoms with E-state index in [0.29, 0.717) is 17.9 Å². The number of carbonyl (C=O) groups excluding carboxylic acids is 1. The number of aryl methyl sites for hydroxylation is 1. The van der Waals surface area contributed by atoms with Crippen molar-refractivity contribution in [2.75, 3.05) is 25.0 Å². The standard InChI is InChI=1S/C24H25F3N4O2/c1-16-12-31(15-28-16)22-10-20(24(25,26)27)9-21(11-22)29-23(32)19-5-3-18(4-6-19)14-30-7-8-33-17(2)13-30/h3-6,9-12,15,17H,7-8,13-14H2,1-2H3,(H,29,32). The van der Waals surface area contributed by atoms with Gasteiger partial charge in [-0.1, -0.05) is 12.1 Å². The third-order valence-electron chi connectivity index (χ3n) is 5.46. The van der Waals surface area contributed by atoms with Crippen LogP contribution in [0.2, 0.25) is 0 Å². The summed E-state index contributed by atoms with van der Waals surface area (Å²) in [5.41, 5.74) is 1.56. The normalized spacial score (nSPS) is 17.2. The lowest BCUT2D eigenvalue weighted by atomic mass is 10.1. The van der Waals surface area contributed by atoms with E-state index in [4.69, 9.17) is 4.74 Å². The molecule has 1 aliphatic rings. The number of halogens is 3. The molecule has 4 rings (SSSR count). The molecule has 1 aliphatic heterocycles. The van der Waals surface area contributed by atoms with Crippen molar-refractivity contribution in [2.45, 2.75) is 32.7 Å². The first-order valence-electron chi connectivity index (χ1n) is 10.6. The number of hydrogen-bond acceptors (Lipinski definition) is 4. The number of imidazole rings is 1.